The van der Waals surface area contributed by atoms with E-state index in [1.54, 1.807) is 11.8 Å². The monoisotopic (exact) mass is 284 g/mol. The fourth-order valence-electron chi connectivity index (χ4n) is 2.19. The van der Waals surface area contributed by atoms with Crippen LogP contribution in [0.4, 0.5) is 0 Å². The SMILES string of the molecule is C[C@]1([C@H](O)CCc2ccccc2)SCCC[S@]1=O. The van der Waals surface area contributed by atoms with Gasteiger partial charge in [-0.2, -0.15) is 0 Å². The van der Waals surface area contributed by atoms with Gasteiger partial charge in [-0.25, -0.2) is 0 Å². The Morgan fingerprint density at radius 1 is 1.44 bits per heavy atom. The summed E-state index contributed by atoms with van der Waals surface area (Å²) < 4.78 is 11.6. The van der Waals surface area contributed by atoms with Gasteiger partial charge in [-0.15, -0.1) is 11.8 Å². The molecule has 0 saturated carbocycles. The third-order valence-electron chi connectivity index (χ3n) is 3.47. The van der Waals surface area contributed by atoms with Crippen LogP contribution in [0.3, 0.4) is 0 Å². The molecule has 2 nitrogen and oxygen atoms in total. The molecule has 0 amide bonds. The van der Waals surface area contributed by atoms with Crippen molar-refractivity contribution >= 4 is 22.6 Å². The van der Waals surface area contributed by atoms with Gasteiger partial charge in [0.05, 0.1) is 6.10 Å². The molecule has 100 valence electrons. The molecule has 18 heavy (non-hydrogen) atoms. The topological polar surface area (TPSA) is 37.3 Å². The molecule has 1 aromatic rings. The van der Waals surface area contributed by atoms with Gasteiger partial charge in [0.15, 0.2) is 0 Å². The molecule has 1 aromatic carbocycles. The first-order chi connectivity index (χ1) is 8.63. The van der Waals surface area contributed by atoms with Crippen molar-refractivity contribution < 1.29 is 9.32 Å². The van der Waals surface area contributed by atoms with Gasteiger partial charge in [-0.1, -0.05) is 30.3 Å². The van der Waals surface area contributed by atoms with E-state index in [1.807, 2.05) is 25.1 Å². The lowest BCUT2D eigenvalue weighted by molar-refractivity contribution is 0.154. The van der Waals surface area contributed by atoms with Crippen molar-refractivity contribution in [1.29, 1.82) is 0 Å². The number of rotatable bonds is 4. The Bertz CT molecular complexity index is 408. The molecular weight excluding hydrogens is 264 g/mol. The highest BCUT2D eigenvalue weighted by Crippen LogP contribution is 2.38. The second-order valence-corrected chi connectivity index (χ2v) is 8.56. The minimum atomic E-state index is -0.919. The summed E-state index contributed by atoms with van der Waals surface area (Å²) in [6.45, 7) is 1.95. The zero-order valence-electron chi connectivity index (χ0n) is 10.7. The van der Waals surface area contributed by atoms with Crippen LogP contribution in [-0.2, 0) is 17.2 Å². The van der Waals surface area contributed by atoms with E-state index in [0.717, 1.165) is 24.3 Å². The average Bonchev–Trinajstić information content (AvgIpc) is 2.40. The Morgan fingerprint density at radius 2 is 2.17 bits per heavy atom. The molecule has 0 aliphatic carbocycles. The molecule has 0 aromatic heterocycles. The highest BCUT2D eigenvalue weighted by molar-refractivity contribution is 8.13. The number of aryl methyl sites for hydroxylation is 1. The normalized spacial score (nSPS) is 30.0. The van der Waals surface area contributed by atoms with Gasteiger partial charge in [-0.05, 0) is 37.5 Å². The quantitative estimate of drug-likeness (QED) is 0.923. The van der Waals surface area contributed by atoms with Crippen molar-refractivity contribution in [2.45, 2.75) is 36.4 Å². The lowest BCUT2D eigenvalue weighted by atomic mass is 10.1. The summed E-state index contributed by atoms with van der Waals surface area (Å²) in [5.74, 6) is 1.73. The Kier molecular flexibility index (Phi) is 4.87. The number of thioether (sulfide) groups is 1. The van der Waals surface area contributed by atoms with Gasteiger partial charge >= 0.3 is 0 Å². The molecular formula is C14H20O2S2. The molecule has 1 aliphatic heterocycles. The number of aliphatic hydroxyl groups is 1. The van der Waals surface area contributed by atoms with Crippen LogP contribution in [0, 0.1) is 0 Å². The van der Waals surface area contributed by atoms with Gasteiger partial charge in [-0.3, -0.25) is 4.21 Å². The highest BCUT2D eigenvalue weighted by atomic mass is 32.2. The molecule has 1 fully saturated rings. The molecule has 0 spiro atoms. The van der Waals surface area contributed by atoms with Crippen LogP contribution >= 0.6 is 11.8 Å². The smallest absolute Gasteiger partial charge is 0.114 e. The van der Waals surface area contributed by atoms with Crippen LogP contribution < -0.4 is 0 Å². The maximum Gasteiger partial charge on any atom is 0.114 e. The van der Waals surface area contributed by atoms with E-state index in [0.29, 0.717) is 6.42 Å². The standard InChI is InChI=1S/C14H20O2S2/c1-14(17-10-5-11-18(14)16)13(15)9-8-12-6-3-2-4-7-12/h2-4,6-7,13,15H,5,8-11H2,1H3/t13-,14+,18-/m1/s1. The summed E-state index contributed by atoms with van der Waals surface area (Å²) in [6.07, 6.45) is 2.02. The first-order valence-corrected chi connectivity index (χ1v) is 8.68. The van der Waals surface area contributed by atoms with E-state index >= 15 is 0 Å². The van der Waals surface area contributed by atoms with E-state index < -0.39 is 21.0 Å². The fraction of sp³-hybridized carbons (Fsp3) is 0.571. The number of aliphatic hydroxyl groups excluding tert-OH is 1. The van der Waals surface area contributed by atoms with Crippen molar-refractivity contribution in [3.8, 4) is 0 Å². The summed E-state index contributed by atoms with van der Waals surface area (Å²) >= 11 is 1.67. The van der Waals surface area contributed by atoms with Gasteiger partial charge in [0, 0.05) is 16.6 Å². The average molecular weight is 284 g/mol. The Hall–Kier alpha value is -0.320. The Morgan fingerprint density at radius 3 is 2.83 bits per heavy atom. The molecule has 2 rings (SSSR count). The fourth-order valence-corrected chi connectivity index (χ4v) is 5.64. The molecule has 1 N–H and O–H groups in total. The Labute approximate surface area is 116 Å². The summed E-state index contributed by atoms with van der Waals surface area (Å²) in [5.41, 5.74) is 1.23. The summed E-state index contributed by atoms with van der Waals surface area (Å²) in [4.78, 5) is 0. The summed E-state index contributed by atoms with van der Waals surface area (Å²) in [7, 11) is -0.919. The van der Waals surface area contributed by atoms with E-state index in [-0.39, 0.29) is 0 Å². The lowest BCUT2D eigenvalue weighted by Crippen LogP contribution is -2.44. The number of hydrogen-bond acceptors (Lipinski definition) is 3. The Balaban J connectivity index is 1.95. The second-order valence-electron chi connectivity index (χ2n) is 4.81. The van der Waals surface area contributed by atoms with E-state index in [4.69, 9.17) is 0 Å². The number of benzene rings is 1. The van der Waals surface area contributed by atoms with Gasteiger partial charge in [0.2, 0.25) is 0 Å². The van der Waals surface area contributed by atoms with Gasteiger partial charge in [0.25, 0.3) is 0 Å². The van der Waals surface area contributed by atoms with Crippen LogP contribution in [0.15, 0.2) is 30.3 Å². The maximum absolute atomic E-state index is 12.1. The second kappa shape index (κ2) is 6.22. The first-order valence-electron chi connectivity index (χ1n) is 6.37. The molecule has 1 aliphatic rings. The van der Waals surface area contributed by atoms with E-state index in [9.17, 15) is 9.32 Å². The van der Waals surface area contributed by atoms with Crippen LogP contribution in [-0.4, -0.2) is 31.0 Å². The predicted molar refractivity (Wildman–Crippen MR) is 79.3 cm³/mol. The molecule has 1 saturated heterocycles. The van der Waals surface area contributed by atoms with Crippen LogP contribution in [0.2, 0.25) is 0 Å². The molecule has 0 bridgehead atoms. The van der Waals surface area contributed by atoms with Crippen molar-refractivity contribution in [3.05, 3.63) is 35.9 Å². The van der Waals surface area contributed by atoms with Crippen LogP contribution in [0.5, 0.6) is 0 Å². The van der Waals surface area contributed by atoms with Gasteiger partial charge < -0.3 is 5.11 Å². The zero-order valence-corrected chi connectivity index (χ0v) is 12.3. The molecule has 3 atom stereocenters. The largest absolute Gasteiger partial charge is 0.391 e. The molecule has 1 heterocycles. The molecule has 0 radical (unpaired) electrons. The molecule has 0 unspecified atom stereocenters. The van der Waals surface area contributed by atoms with Crippen LogP contribution in [0.1, 0.15) is 25.3 Å². The third kappa shape index (κ3) is 3.16. The minimum absolute atomic E-state index is 0.479. The van der Waals surface area contributed by atoms with E-state index in [1.165, 1.54) is 5.56 Å². The maximum atomic E-state index is 12.1. The zero-order chi connectivity index (χ0) is 13.0. The minimum Gasteiger partial charge on any atom is -0.391 e. The number of hydrogen-bond donors (Lipinski definition) is 1. The van der Waals surface area contributed by atoms with Crippen LogP contribution in [0.25, 0.3) is 0 Å². The van der Waals surface area contributed by atoms with Crippen molar-refractivity contribution in [2.75, 3.05) is 11.5 Å². The van der Waals surface area contributed by atoms with E-state index in [2.05, 4.69) is 12.1 Å². The lowest BCUT2D eigenvalue weighted by Gasteiger charge is -2.36. The van der Waals surface area contributed by atoms with Crippen molar-refractivity contribution in [3.63, 3.8) is 0 Å². The third-order valence-corrected chi connectivity index (χ3v) is 7.55. The summed E-state index contributed by atoms with van der Waals surface area (Å²) in [6, 6.07) is 10.2. The van der Waals surface area contributed by atoms with Crippen molar-refractivity contribution in [1.82, 2.24) is 0 Å². The highest BCUT2D eigenvalue weighted by Gasteiger charge is 2.41. The van der Waals surface area contributed by atoms with Crippen molar-refractivity contribution in [2.24, 2.45) is 0 Å². The van der Waals surface area contributed by atoms with Gasteiger partial charge in [0.1, 0.15) is 4.08 Å². The molecule has 4 heteroatoms. The summed E-state index contributed by atoms with van der Waals surface area (Å²) in [5, 5.41) is 10.4. The first kappa shape index (κ1) is 14.1. The predicted octanol–water partition coefficient (Wildman–Crippen LogP) is 2.58.